The minimum Gasteiger partial charge on any atom is -0.481 e. The minimum absolute atomic E-state index is 0.0122. The lowest BCUT2D eigenvalue weighted by atomic mass is 9.65. The second kappa shape index (κ2) is 6.77. The van der Waals surface area contributed by atoms with Crippen LogP contribution < -0.4 is 0 Å². The molecule has 0 saturated heterocycles. The zero-order valence-electron chi connectivity index (χ0n) is 13.0. The Labute approximate surface area is 129 Å². The van der Waals surface area contributed by atoms with Crippen LogP contribution in [0.3, 0.4) is 0 Å². The second-order valence-electron chi connectivity index (χ2n) is 6.01. The maximum atomic E-state index is 11.8. The van der Waals surface area contributed by atoms with Crippen LogP contribution in [0.1, 0.15) is 33.6 Å². The van der Waals surface area contributed by atoms with E-state index in [-0.39, 0.29) is 24.3 Å². The molecule has 4 unspecified atom stereocenters. The summed E-state index contributed by atoms with van der Waals surface area (Å²) >= 11 is 0. The number of allylic oxidation sites excluding steroid dienone is 1. The summed E-state index contributed by atoms with van der Waals surface area (Å²) in [6.45, 7) is 8.34. The molecule has 0 bridgehead atoms. The van der Waals surface area contributed by atoms with E-state index in [4.69, 9.17) is 4.74 Å². The van der Waals surface area contributed by atoms with Gasteiger partial charge in [0.15, 0.2) is 0 Å². The lowest BCUT2D eigenvalue weighted by Gasteiger charge is -2.38. The van der Waals surface area contributed by atoms with Gasteiger partial charge in [-0.05, 0) is 26.2 Å². The van der Waals surface area contributed by atoms with E-state index in [1.807, 2.05) is 6.92 Å². The quantitative estimate of drug-likeness (QED) is 0.443. The third-order valence-electron chi connectivity index (χ3n) is 3.93. The molecule has 1 aliphatic rings. The average Bonchev–Trinajstić information content (AvgIpc) is 2.40. The monoisotopic (exact) mass is 310 g/mol. The molecule has 1 aliphatic carbocycles. The number of carbonyl (C=O) groups excluding carboxylic acids is 1. The number of aliphatic carboxylic acids is 2. The van der Waals surface area contributed by atoms with Crippen molar-refractivity contribution < 1.29 is 29.3 Å². The van der Waals surface area contributed by atoms with Crippen LogP contribution in [0.5, 0.6) is 0 Å². The Bertz CT molecular complexity index is 521. The molecule has 0 aromatic carbocycles. The van der Waals surface area contributed by atoms with Crippen molar-refractivity contribution in [2.75, 3.05) is 0 Å². The number of hydrogen-bond donors (Lipinski definition) is 2. The Balaban J connectivity index is 3.07. The highest BCUT2D eigenvalue weighted by atomic mass is 16.5. The topological polar surface area (TPSA) is 101 Å². The molecule has 0 heterocycles. The number of hydrogen-bond acceptors (Lipinski definition) is 4. The van der Waals surface area contributed by atoms with Crippen LogP contribution in [0.4, 0.5) is 0 Å². The summed E-state index contributed by atoms with van der Waals surface area (Å²) in [4.78, 5) is 34.8. The molecule has 0 amide bonds. The predicted molar refractivity (Wildman–Crippen MR) is 79.1 cm³/mol. The third-order valence-corrected chi connectivity index (χ3v) is 3.93. The molecule has 1 rings (SSSR count). The van der Waals surface area contributed by atoms with Crippen molar-refractivity contribution in [1.29, 1.82) is 0 Å². The Kier molecular flexibility index (Phi) is 5.52. The highest BCUT2D eigenvalue weighted by Gasteiger charge is 2.51. The van der Waals surface area contributed by atoms with Crippen molar-refractivity contribution >= 4 is 17.9 Å². The SMILES string of the molecule is C=C(C)C(=O)OC(C)CC1(C(=O)O)C=CC(C)CC1C(=O)O. The van der Waals surface area contributed by atoms with Crippen LogP contribution in [0.2, 0.25) is 0 Å². The van der Waals surface area contributed by atoms with Crippen molar-refractivity contribution in [1.82, 2.24) is 0 Å². The summed E-state index contributed by atoms with van der Waals surface area (Å²) in [5.41, 5.74) is -1.37. The fraction of sp³-hybridized carbons (Fsp3) is 0.562. The van der Waals surface area contributed by atoms with Gasteiger partial charge < -0.3 is 14.9 Å². The Morgan fingerprint density at radius 3 is 2.45 bits per heavy atom. The van der Waals surface area contributed by atoms with E-state index in [1.54, 1.807) is 13.0 Å². The highest BCUT2D eigenvalue weighted by Crippen LogP contribution is 2.43. The summed E-state index contributed by atoms with van der Waals surface area (Å²) in [5.74, 6) is -4.07. The first-order valence-electron chi connectivity index (χ1n) is 7.12. The number of esters is 1. The smallest absolute Gasteiger partial charge is 0.333 e. The number of carboxylic acid groups (broad SMARTS) is 2. The third kappa shape index (κ3) is 3.75. The minimum atomic E-state index is -1.58. The van der Waals surface area contributed by atoms with Gasteiger partial charge in [0, 0.05) is 12.0 Å². The van der Waals surface area contributed by atoms with Crippen molar-refractivity contribution in [3.8, 4) is 0 Å². The van der Waals surface area contributed by atoms with Gasteiger partial charge in [0.1, 0.15) is 11.5 Å². The second-order valence-corrected chi connectivity index (χ2v) is 6.01. The number of carboxylic acids is 2. The number of ether oxygens (including phenoxy) is 1. The first-order valence-corrected chi connectivity index (χ1v) is 7.12. The van der Waals surface area contributed by atoms with E-state index < -0.39 is 35.3 Å². The lowest BCUT2D eigenvalue weighted by Crippen LogP contribution is -2.46. The van der Waals surface area contributed by atoms with Crippen LogP contribution in [0.15, 0.2) is 24.3 Å². The van der Waals surface area contributed by atoms with E-state index in [9.17, 15) is 24.6 Å². The predicted octanol–water partition coefficient (Wildman–Crippen LogP) is 2.25. The molecule has 122 valence electrons. The van der Waals surface area contributed by atoms with Gasteiger partial charge in [-0.25, -0.2) is 4.79 Å². The van der Waals surface area contributed by atoms with Gasteiger partial charge in [-0.1, -0.05) is 25.7 Å². The maximum Gasteiger partial charge on any atom is 0.333 e. The fourth-order valence-corrected chi connectivity index (χ4v) is 2.75. The van der Waals surface area contributed by atoms with Crippen LogP contribution in [0.25, 0.3) is 0 Å². The number of rotatable bonds is 6. The van der Waals surface area contributed by atoms with Crippen LogP contribution >= 0.6 is 0 Å². The van der Waals surface area contributed by atoms with Crippen LogP contribution in [0, 0.1) is 17.3 Å². The van der Waals surface area contributed by atoms with Gasteiger partial charge in [0.05, 0.1) is 5.92 Å². The van der Waals surface area contributed by atoms with Crippen molar-refractivity contribution in [3.05, 3.63) is 24.3 Å². The zero-order valence-corrected chi connectivity index (χ0v) is 13.0. The van der Waals surface area contributed by atoms with Gasteiger partial charge in [-0.2, -0.15) is 0 Å². The molecule has 6 heteroatoms. The van der Waals surface area contributed by atoms with Crippen molar-refractivity contribution in [2.45, 2.75) is 39.7 Å². The van der Waals surface area contributed by atoms with Gasteiger partial charge in [0.25, 0.3) is 0 Å². The molecular formula is C16H22O6. The normalized spacial score (nSPS) is 28.7. The summed E-state index contributed by atoms with van der Waals surface area (Å²) in [6, 6.07) is 0. The Hall–Kier alpha value is -2.11. The van der Waals surface area contributed by atoms with Gasteiger partial charge in [-0.3, -0.25) is 9.59 Å². The molecule has 0 fully saturated rings. The molecule has 4 atom stereocenters. The van der Waals surface area contributed by atoms with Gasteiger partial charge in [-0.15, -0.1) is 0 Å². The summed E-state index contributed by atoms with van der Waals surface area (Å²) in [5, 5.41) is 19.0. The molecule has 0 saturated carbocycles. The molecule has 0 spiro atoms. The van der Waals surface area contributed by atoms with Crippen LogP contribution in [-0.4, -0.2) is 34.2 Å². The first kappa shape index (κ1) is 17.9. The molecule has 0 aliphatic heterocycles. The lowest BCUT2D eigenvalue weighted by molar-refractivity contribution is -0.164. The Morgan fingerprint density at radius 2 is 2.00 bits per heavy atom. The van der Waals surface area contributed by atoms with E-state index in [2.05, 4.69) is 6.58 Å². The Morgan fingerprint density at radius 1 is 1.41 bits per heavy atom. The molecule has 2 N–H and O–H groups in total. The largest absolute Gasteiger partial charge is 0.481 e. The standard InChI is InChI=1S/C16H22O6/c1-9(2)14(19)22-11(4)8-16(15(20)21)6-5-10(3)7-12(16)13(17)18/h5-6,10-12H,1,7-8H2,2-4H3,(H,17,18)(H,20,21). The van der Waals surface area contributed by atoms with E-state index >= 15 is 0 Å². The molecule has 0 aromatic rings. The summed E-state index contributed by atoms with van der Waals surface area (Å²) in [7, 11) is 0. The van der Waals surface area contributed by atoms with Gasteiger partial charge in [0.2, 0.25) is 0 Å². The van der Waals surface area contributed by atoms with E-state index in [0.717, 1.165) is 0 Å². The summed E-state index contributed by atoms with van der Waals surface area (Å²) < 4.78 is 5.12. The van der Waals surface area contributed by atoms with Gasteiger partial charge >= 0.3 is 17.9 Å². The molecular weight excluding hydrogens is 288 g/mol. The van der Waals surface area contributed by atoms with Crippen molar-refractivity contribution in [3.63, 3.8) is 0 Å². The summed E-state index contributed by atoms with van der Waals surface area (Å²) in [6.07, 6.45) is 2.55. The highest BCUT2D eigenvalue weighted by molar-refractivity contribution is 5.87. The average molecular weight is 310 g/mol. The van der Waals surface area contributed by atoms with E-state index in [0.29, 0.717) is 0 Å². The molecule has 0 aromatic heterocycles. The molecule has 6 nitrogen and oxygen atoms in total. The molecule has 22 heavy (non-hydrogen) atoms. The fourth-order valence-electron chi connectivity index (χ4n) is 2.75. The molecule has 0 radical (unpaired) electrons. The first-order chi connectivity index (χ1) is 10.1. The zero-order chi connectivity index (χ0) is 17.1. The van der Waals surface area contributed by atoms with E-state index in [1.165, 1.54) is 13.0 Å². The van der Waals surface area contributed by atoms with Crippen molar-refractivity contribution in [2.24, 2.45) is 17.3 Å². The van der Waals surface area contributed by atoms with Crippen LogP contribution in [-0.2, 0) is 19.1 Å². The maximum absolute atomic E-state index is 11.8. The number of carbonyl (C=O) groups is 3.